The van der Waals surface area contributed by atoms with Crippen LogP contribution >= 0.6 is 0 Å². The highest BCUT2D eigenvalue weighted by Crippen LogP contribution is 2.33. The van der Waals surface area contributed by atoms with Gasteiger partial charge in [0.15, 0.2) is 0 Å². The van der Waals surface area contributed by atoms with Crippen molar-refractivity contribution in [3.05, 3.63) is 77.4 Å². The molecule has 4 rings (SSSR count). The molecule has 1 amide bonds. The molecule has 2 heterocycles. The Morgan fingerprint density at radius 1 is 1.07 bits per heavy atom. The van der Waals surface area contributed by atoms with E-state index in [1.807, 2.05) is 48.5 Å². The molecule has 1 fully saturated rings. The fraction of sp³-hybridized carbons (Fsp3) is 0.273. The maximum atomic E-state index is 12.7. The summed E-state index contributed by atoms with van der Waals surface area (Å²) in [5.41, 5.74) is 3.28. The van der Waals surface area contributed by atoms with Gasteiger partial charge in [0, 0.05) is 0 Å². The first-order valence-electron chi connectivity index (χ1n) is 9.23. The fourth-order valence-corrected chi connectivity index (χ4v) is 3.72. The van der Waals surface area contributed by atoms with Crippen LogP contribution in [0.3, 0.4) is 0 Å². The fourth-order valence-electron chi connectivity index (χ4n) is 3.72. The minimum absolute atomic E-state index is 0.0961. The Bertz CT molecular complexity index is 891. The Balaban J connectivity index is 1.49. The van der Waals surface area contributed by atoms with Crippen LogP contribution in [0.25, 0.3) is 5.57 Å². The average molecular weight is 379 g/mol. The number of amides is 1. The number of carbonyl (C=O) groups excluding carboxylic acids is 1. The van der Waals surface area contributed by atoms with Gasteiger partial charge in [0.2, 0.25) is 0 Å². The van der Waals surface area contributed by atoms with Crippen molar-refractivity contribution in [2.45, 2.75) is 25.1 Å². The molecule has 28 heavy (non-hydrogen) atoms. The van der Waals surface area contributed by atoms with Gasteiger partial charge >= 0.3 is 12.1 Å². The summed E-state index contributed by atoms with van der Waals surface area (Å²) in [7, 11) is 0. The Morgan fingerprint density at radius 2 is 1.82 bits per heavy atom. The number of carboxylic acid groups (broad SMARTS) is 1. The molecule has 0 aliphatic carbocycles. The average Bonchev–Trinajstić information content (AvgIpc) is 2.72. The van der Waals surface area contributed by atoms with Gasteiger partial charge in [-0.1, -0.05) is 48.5 Å². The molecule has 2 aliphatic heterocycles. The van der Waals surface area contributed by atoms with E-state index in [1.54, 1.807) is 17.0 Å². The molecule has 2 unspecified atom stereocenters. The number of morpholine rings is 1. The van der Waals surface area contributed by atoms with Crippen LogP contribution in [0.4, 0.5) is 4.79 Å². The Labute approximate surface area is 163 Å². The summed E-state index contributed by atoms with van der Waals surface area (Å²) in [5, 5.41) is 9.06. The summed E-state index contributed by atoms with van der Waals surface area (Å²) < 4.78 is 11.2. The van der Waals surface area contributed by atoms with Crippen LogP contribution in [0.15, 0.2) is 60.7 Å². The second-order valence-corrected chi connectivity index (χ2v) is 6.98. The molecule has 2 atom stereocenters. The third kappa shape index (κ3) is 3.77. The molecule has 2 aromatic rings. The predicted molar refractivity (Wildman–Crippen MR) is 103 cm³/mol. The van der Waals surface area contributed by atoms with Crippen LogP contribution in [-0.2, 0) is 16.1 Å². The lowest BCUT2D eigenvalue weighted by Gasteiger charge is -2.43. The lowest BCUT2D eigenvalue weighted by atomic mass is 9.90. The van der Waals surface area contributed by atoms with Crippen LogP contribution < -0.4 is 0 Å². The molecule has 6 nitrogen and oxygen atoms in total. The predicted octanol–water partition coefficient (Wildman–Crippen LogP) is 3.58. The Hall–Kier alpha value is -3.12. The molecule has 0 radical (unpaired) electrons. The molecule has 0 saturated carbocycles. The summed E-state index contributed by atoms with van der Waals surface area (Å²) in [6.45, 7) is 1.12. The molecule has 2 bridgehead atoms. The van der Waals surface area contributed by atoms with Gasteiger partial charge in [-0.2, -0.15) is 0 Å². The summed E-state index contributed by atoms with van der Waals surface area (Å²) in [6, 6.07) is 16.1. The zero-order chi connectivity index (χ0) is 19.5. The van der Waals surface area contributed by atoms with Gasteiger partial charge < -0.3 is 14.6 Å². The van der Waals surface area contributed by atoms with Crippen molar-refractivity contribution in [1.82, 2.24) is 4.90 Å². The maximum Gasteiger partial charge on any atom is 0.411 e. The van der Waals surface area contributed by atoms with E-state index in [1.165, 1.54) is 0 Å². The number of carbonyl (C=O) groups is 2. The zero-order valence-corrected chi connectivity index (χ0v) is 15.3. The topological polar surface area (TPSA) is 76.1 Å². The van der Waals surface area contributed by atoms with Crippen molar-refractivity contribution in [3.63, 3.8) is 0 Å². The highest BCUT2D eigenvalue weighted by Gasteiger charge is 2.39. The Kier molecular flexibility index (Phi) is 5.12. The first kappa shape index (κ1) is 18.3. The van der Waals surface area contributed by atoms with Crippen molar-refractivity contribution in [3.8, 4) is 0 Å². The Morgan fingerprint density at radius 3 is 2.50 bits per heavy atom. The molecule has 1 saturated heterocycles. The van der Waals surface area contributed by atoms with Gasteiger partial charge in [0.25, 0.3) is 0 Å². The highest BCUT2D eigenvalue weighted by molar-refractivity contribution is 5.88. The summed E-state index contributed by atoms with van der Waals surface area (Å²) in [5.74, 6) is -0.943. The maximum absolute atomic E-state index is 12.7. The van der Waals surface area contributed by atoms with Gasteiger partial charge in [0.05, 0.1) is 30.9 Å². The van der Waals surface area contributed by atoms with Crippen LogP contribution in [0.5, 0.6) is 0 Å². The molecular formula is C22H21NO5. The third-order valence-electron chi connectivity index (χ3n) is 5.12. The number of hydrogen-bond acceptors (Lipinski definition) is 4. The van der Waals surface area contributed by atoms with E-state index in [4.69, 9.17) is 14.6 Å². The van der Waals surface area contributed by atoms with Gasteiger partial charge in [-0.3, -0.25) is 4.90 Å². The quantitative estimate of drug-likeness (QED) is 0.879. The normalized spacial score (nSPS) is 21.0. The molecular weight excluding hydrogens is 358 g/mol. The van der Waals surface area contributed by atoms with Crippen molar-refractivity contribution in [2.24, 2.45) is 0 Å². The number of fused-ring (bicyclic) bond motifs is 2. The number of aromatic carboxylic acids is 1. The highest BCUT2D eigenvalue weighted by atomic mass is 16.6. The summed E-state index contributed by atoms with van der Waals surface area (Å²) in [4.78, 5) is 25.5. The smallest absolute Gasteiger partial charge is 0.411 e. The lowest BCUT2D eigenvalue weighted by molar-refractivity contribution is -0.0342. The molecule has 2 aromatic carbocycles. The SMILES string of the molecule is O=C(O)c1ccc(C2=CC3COCC(C2)N3C(=O)OCc2ccccc2)cc1. The minimum atomic E-state index is -0.943. The molecule has 144 valence electrons. The van der Waals surface area contributed by atoms with Crippen LogP contribution in [-0.4, -0.2) is 47.4 Å². The van der Waals surface area contributed by atoms with E-state index < -0.39 is 5.97 Å². The van der Waals surface area contributed by atoms with Crippen LogP contribution in [0.1, 0.15) is 27.9 Å². The van der Waals surface area contributed by atoms with E-state index in [0.29, 0.717) is 19.6 Å². The van der Waals surface area contributed by atoms with E-state index in [0.717, 1.165) is 16.7 Å². The largest absolute Gasteiger partial charge is 0.478 e. The van der Waals surface area contributed by atoms with Gasteiger partial charge in [0.1, 0.15) is 6.61 Å². The molecule has 6 heteroatoms. The second-order valence-electron chi connectivity index (χ2n) is 6.98. The number of benzene rings is 2. The van der Waals surface area contributed by atoms with Crippen LogP contribution in [0, 0.1) is 0 Å². The summed E-state index contributed by atoms with van der Waals surface area (Å²) >= 11 is 0. The number of hydrogen-bond donors (Lipinski definition) is 1. The van der Waals surface area contributed by atoms with Gasteiger partial charge in [-0.15, -0.1) is 0 Å². The third-order valence-corrected chi connectivity index (χ3v) is 5.12. The molecule has 2 aliphatic rings. The number of ether oxygens (including phenoxy) is 2. The van der Waals surface area contributed by atoms with Gasteiger partial charge in [-0.05, 0) is 35.3 Å². The van der Waals surface area contributed by atoms with Crippen molar-refractivity contribution < 1.29 is 24.2 Å². The number of rotatable bonds is 4. The number of carboxylic acids is 1. The number of nitrogens with zero attached hydrogens (tertiary/aromatic N) is 1. The molecule has 0 aromatic heterocycles. The van der Waals surface area contributed by atoms with E-state index in [9.17, 15) is 9.59 Å². The van der Waals surface area contributed by atoms with Crippen molar-refractivity contribution >= 4 is 17.6 Å². The monoisotopic (exact) mass is 379 g/mol. The van der Waals surface area contributed by atoms with Crippen molar-refractivity contribution in [2.75, 3.05) is 13.2 Å². The van der Waals surface area contributed by atoms with Crippen molar-refractivity contribution in [1.29, 1.82) is 0 Å². The van der Waals surface area contributed by atoms with E-state index >= 15 is 0 Å². The molecule has 0 spiro atoms. The standard InChI is InChI=1S/C22H21NO5/c24-21(25)17-8-6-16(7-9-17)18-10-19-13-27-14-20(11-18)23(19)22(26)28-12-15-4-2-1-3-5-15/h1-10,19-20H,11-14H2,(H,24,25). The first-order valence-corrected chi connectivity index (χ1v) is 9.23. The van der Waals surface area contributed by atoms with Gasteiger partial charge in [-0.25, -0.2) is 9.59 Å². The molecule has 1 N–H and O–H groups in total. The van der Waals surface area contributed by atoms with E-state index in [-0.39, 0.29) is 30.3 Å². The van der Waals surface area contributed by atoms with Crippen LogP contribution in [0.2, 0.25) is 0 Å². The van der Waals surface area contributed by atoms with E-state index in [2.05, 4.69) is 0 Å². The second kappa shape index (κ2) is 7.86. The summed E-state index contributed by atoms with van der Waals surface area (Å²) in [6.07, 6.45) is 2.33. The first-order chi connectivity index (χ1) is 13.6. The lowest BCUT2D eigenvalue weighted by Crippen LogP contribution is -2.56. The minimum Gasteiger partial charge on any atom is -0.478 e. The zero-order valence-electron chi connectivity index (χ0n) is 15.3.